The van der Waals surface area contributed by atoms with Crippen LogP contribution in [0.2, 0.25) is 0 Å². The highest BCUT2D eigenvalue weighted by Gasteiger charge is 2.05. The van der Waals surface area contributed by atoms with E-state index in [9.17, 15) is 0 Å². The number of aliphatic imine (C=N–C) groups is 1. The summed E-state index contributed by atoms with van der Waals surface area (Å²) in [6.45, 7) is 4.23. The minimum Gasteiger partial charge on any atom is -0.361 e. The maximum Gasteiger partial charge on any atom is 0.191 e. The normalized spacial score (nSPS) is 12.0. The van der Waals surface area contributed by atoms with Gasteiger partial charge in [0.15, 0.2) is 5.96 Å². The zero-order valence-corrected chi connectivity index (χ0v) is 17.3. The summed E-state index contributed by atoms with van der Waals surface area (Å²) in [5.41, 5.74) is 4.35. The van der Waals surface area contributed by atoms with Gasteiger partial charge in [-0.05, 0) is 53.0 Å². The fourth-order valence-electron chi connectivity index (χ4n) is 3.25. The van der Waals surface area contributed by atoms with Gasteiger partial charge in [-0.25, -0.2) is 9.98 Å². The van der Waals surface area contributed by atoms with Gasteiger partial charge in [-0.3, -0.25) is 0 Å². The van der Waals surface area contributed by atoms with Gasteiger partial charge in [0.1, 0.15) is 5.65 Å². The molecule has 6 nitrogen and oxygen atoms in total. The summed E-state index contributed by atoms with van der Waals surface area (Å²) in [6, 6.07) is 12.4. The molecule has 0 atom stereocenters. The average molecular weight is 439 g/mol. The second-order valence-corrected chi connectivity index (χ2v) is 7.49. The molecule has 3 heterocycles. The Kier molecular flexibility index (Phi) is 5.62. The van der Waals surface area contributed by atoms with Crippen molar-refractivity contribution in [2.75, 3.05) is 13.1 Å². The lowest BCUT2D eigenvalue weighted by Gasteiger charge is -2.10. The third-order valence-electron chi connectivity index (χ3n) is 4.57. The first-order valence-corrected chi connectivity index (χ1v) is 10.2. The summed E-state index contributed by atoms with van der Waals surface area (Å²) in [7, 11) is 0. The molecule has 0 unspecified atom stereocenters. The number of pyridine rings is 1. The third-order valence-corrected chi connectivity index (χ3v) is 5.04. The number of aromatic nitrogens is 3. The van der Waals surface area contributed by atoms with E-state index < -0.39 is 0 Å². The number of nitrogens with one attached hydrogen (secondary N) is 3. The van der Waals surface area contributed by atoms with Gasteiger partial charge in [0.25, 0.3) is 0 Å². The third kappa shape index (κ3) is 4.20. The van der Waals surface area contributed by atoms with Crippen LogP contribution in [-0.2, 0) is 13.0 Å². The molecule has 4 aromatic rings. The lowest BCUT2D eigenvalue weighted by Crippen LogP contribution is -2.38. The first-order chi connectivity index (χ1) is 13.7. The van der Waals surface area contributed by atoms with Crippen LogP contribution in [0.15, 0.2) is 64.5 Å². The van der Waals surface area contributed by atoms with Crippen molar-refractivity contribution < 1.29 is 0 Å². The Morgan fingerprint density at radius 1 is 1.18 bits per heavy atom. The Bertz CT molecular complexity index is 1110. The van der Waals surface area contributed by atoms with Crippen LogP contribution < -0.4 is 10.6 Å². The lowest BCUT2D eigenvalue weighted by molar-refractivity contribution is 0.799. The van der Waals surface area contributed by atoms with E-state index in [1.54, 1.807) is 0 Å². The van der Waals surface area contributed by atoms with Crippen LogP contribution in [0.1, 0.15) is 18.2 Å². The van der Waals surface area contributed by atoms with Crippen LogP contribution >= 0.6 is 15.9 Å². The highest BCUT2D eigenvalue weighted by atomic mass is 79.9. The Hall–Kier alpha value is -2.80. The van der Waals surface area contributed by atoms with E-state index in [0.717, 1.165) is 41.3 Å². The maximum atomic E-state index is 4.68. The predicted octanol–water partition coefficient (Wildman–Crippen LogP) is 3.88. The average Bonchev–Trinajstić information content (AvgIpc) is 3.29. The summed E-state index contributed by atoms with van der Waals surface area (Å²) in [5.74, 6) is 0.806. The zero-order valence-electron chi connectivity index (χ0n) is 15.7. The number of nitrogens with zero attached hydrogens (tertiary/aromatic N) is 3. The second kappa shape index (κ2) is 8.48. The Morgan fingerprint density at radius 2 is 2.07 bits per heavy atom. The molecular formula is C21H23BrN6. The molecule has 0 bridgehead atoms. The van der Waals surface area contributed by atoms with Gasteiger partial charge in [0.05, 0.1) is 12.2 Å². The van der Waals surface area contributed by atoms with Crippen LogP contribution in [0.3, 0.4) is 0 Å². The lowest BCUT2D eigenvalue weighted by atomic mass is 10.1. The molecule has 0 spiro atoms. The number of benzene rings is 1. The number of aromatic amines is 1. The molecule has 0 aliphatic heterocycles. The van der Waals surface area contributed by atoms with Crippen LogP contribution in [0.5, 0.6) is 0 Å². The molecule has 7 heteroatoms. The van der Waals surface area contributed by atoms with Crippen LogP contribution in [-0.4, -0.2) is 33.4 Å². The summed E-state index contributed by atoms with van der Waals surface area (Å²) in [5, 5.41) is 8.00. The monoisotopic (exact) mass is 438 g/mol. The number of fused-ring (bicyclic) bond motifs is 2. The number of hydrogen-bond acceptors (Lipinski definition) is 2. The number of H-pyrrole nitrogens is 1. The van der Waals surface area contributed by atoms with E-state index in [4.69, 9.17) is 0 Å². The van der Waals surface area contributed by atoms with Gasteiger partial charge >= 0.3 is 0 Å². The number of halogens is 1. The largest absolute Gasteiger partial charge is 0.361 e. The molecule has 0 aliphatic carbocycles. The van der Waals surface area contributed by atoms with E-state index in [0.29, 0.717) is 6.54 Å². The summed E-state index contributed by atoms with van der Waals surface area (Å²) < 4.78 is 3.03. The van der Waals surface area contributed by atoms with Crippen molar-refractivity contribution in [3.63, 3.8) is 0 Å². The molecule has 28 heavy (non-hydrogen) atoms. The molecule has 0 radical (unpaired) electrons. The van der Waals surface area contributed by atoms with Gasteiger partial charge in [-0.1, -0.05) is 18.2 Å². The predicted molar refractivity (Wildman–Crippen MR) is 118 cm³/mol. The molecule has 0 aliphatic rings. The van der Waals surface area contributed by atoms with Crippen molar-refractivity contribution >= 4 is 38.4 Å². The first kappa shape index (κ1) is 18.6. The highest BCUT2D eigenvalue weighted by Crippen LogP contribution is 2.17. The Morgan fingerprint density at radius 3 is 2.96 bits per heavy atom. The van der Waals surface area contributed by atoms with E-state index >= 15 is 0 Å². The fourth-order valence-corrected chi connectivity index (χ4v) is 3.60. The quantitative estimate of drug-likeness (QED) is 0.316. The first-order valence-electron chi connectivity index (χ1n) is 9.43. The van der Waals surface area contributed by atoms with Crippen molar-refractivity contribution in [3.8, 4) is 0 Å². The van der Waals surface area contributed by atoms with E-state index in [-0.39, 0.29) is 0 Å². The number of guanidine groups is 1. The molecule has 1 aromatic carbocycles. The molecule has 0 saturated heterocycles. The van der Waals surface area contributed by atoms with Gasteiger partial charge in [0.2, 0.25) is 0 Å². The van der Waals surface area contributed by atoms with Crippen LogP contribution in [0.25, 0.3) is 16.6 Å². The van der Waals surface area contributed by atoms with Crippen molar-refractivity contribution in [1.82, 2.24) is 25.0 Å². The van der Waals surface area contributed by atoms with Gasteiger partial charge in [-0.15, -0.1) is 0 Å². The van der Waals surface area contributed by atoms with Crippen molar-refractivity contribution in [2.24, 2.45) is 4.99 Å². The molecular weight excluding hydrogens is 416 g/mol. The van der Waals surface area contributed by atoms with Crippen LogP contribution in [0.4, 0.5) is 0 Å². The molecule has 144 valence electrons. The molecule has 3 aromatic heterocycles. The minimum atomic E-state index is 0.529. The van der Waals surface area contributed by atoms with Crippen molar-refractivity contribution in [3.05, 3.63) is 70.7 Å². The zero-order chi connectivity index (χ0) is 19.3. The Labute approximate surface area is 172 Å². The van der Waals surface area contributed by atoms with Crippen molar-refractivity contribution in [1.29, 1.82) is 0 Å². The Balaban J connectivity index is 1.39. The van der Waals surface area contributed by atoms with Gasteiger partial charge in [0, 0.05) is 47.1 Å². The standard InChI is InChI=1S/C21H23BrN6/c1-2-23-21(24-10-9-15-11-25-19-6-4-3-5-18(15)19)26-12-17-14-28-13-16(22)7-8-20(28)27-17/h3-8,11,13-14,25H,2,9-10,12H2,1H3,(H2,23,24,26). The summed E-state index contributed by atoms with van der Waals surface area (Å²) in [6.07, 6.45) is 7.03. The molecule has 0 saturated carbocycles. The van der Waals surface area contributed by atoms with Crippen molar-refractivity contribution in [2.45, 2.75) is 19.9 Å². The maximum absolute atomic E-state index is 4.68. The second-order valence-electron chi connectivity index (χ2n) is 6.58. The minimum absolute atomic E-state index is 0.529. The number of para-hydroxylation sites is 1. The fraction of sp³-hybridized carbons (Fsp3) is 0.238. The smallest absolute Gasteiger partial charge is 0.191 e. The topological polar surface area (TPSA) is 69.5 Å². The van der Waals surface area contributed by atoms with E-state index in [2.05, 4.69) is 78.9 Å². The van der Waals surface area contributed by atoms with Gasteiger partial charge in [-0.2, -0.15) is 0 Å². The number of hydrogen-bond donors (Lipinski definition) is 3. The summed E-state index contributed by atoms with van der Waals surface area (Å²) >= 11 is 3.49. The molecule has 3 N–H and O–H groups in total. The SMILES string of the molecule is CCNC(=NCc1cn2cc(Br)ccc2n1)NCCc1c[nH]c2ccccc12. The van der Waals surface area contributed by atoms with Crippen LogP contribution in [0, 0.1) is 0 Å². The molecule has 0 amide bonds. The van der Waals surface area contributed by atoms with E-state index in [1.165, 1.54) is 16.5 Å². The summed E-state index contributed by atoms with van der Waals surface area (Å²) in [4.78, 5) is 12.6. The van der Waals surface area contributed by atoms with Gasteiger partial charge < -0.3 is 20.0 Å². The van der Waals surface area contributed by atoms with E-state index in [1.807, 2.05) is 28.9 Å². The number of rotatable bonds is 6. The molecule has 0 fully saturated rings. The number of imidazole rings is 1. The highest BCUT2D eigenvalue weighted by molar-refractivity contribution is 9.10. The molecule has 4 rings (SSSR count).